The summed E-state index contributed by atoms with van der Waals surface area (Å²) in [6.07, 6.45) is 1.62. The van der Waals surface area contributed by atoms with E-state index in [2.05, 4.69) is 23.6 Å². The minimum absolute atomic E-state index is 0.0558. The molecule has 2 heterocycles. The van der Waals surface area contributed by atoms with Gasteiger partial charge in [0, 0.05) is 16.8 Å². The molecule has 1 aromatic carbocycles. The molecule has 1 saturated heterocycles. The van der Waals surface area contributed by atoms with E-state index >= 15 is 0 Å². The van der Waals surface area contributed by atoms with Crippen molar-refractivity contribution in [1.82, 2.24) is 15.1 Å². The third-order valence-corrected chi connectivity index (χ3v) is 4.02. The Morgan fingerprint density at radius 3 is 2.76 bits per heavy atom. The van der Waals surface area contributed by atoms with E-state index in [0.717, 1.165) is 46.3 Å². The van der Waals surface area contributed by atoms with Crippen LogP contribution < -0.4 is 10.9 Å². The number of nitrogens with one attached hydrogen (secondary N) is 1. The summed E-state index contributed by atoms with van der Waals surface area (Å²) in [6.45, 7) is 11.9. The highest BCUT2D eigenvalue weighted by Crippen LogP contribution is 2.26. The van der Waals surface area contributed by atoms with Gasteiger partial charge in [0.15, 0.2) is 0 Å². The van der Waals surface area contributed by atoms with Crippen LogP contribution in [0, 0.1) is 13.8 Å². The van der Waals surface area contributed by atoms with E-state index in [9.17, 15) is 4.79 Å². The second kappa shape index (κ2) is 4.88. The van der Waals surface area contributed by atoms with E-state index in [-0.39, 0.29) is 11.6 Å². The largest absolute Gasteiger partial charge is 0.362 e. The number of allylic oxidation sites excluding steroid dienone is 2. The molecular formula is C17H19N3O. The van der Waals surface area contributed by atoms with Gasteiger partial charge in [0.1, 0.15) is 0 Å². The first-order chi connectivity index (χ1) is 9.97. The average Bonchev–Trinajstić information content (AvgIpc) is 2.43. The van der Waals surface area contributed by atoms with Crippen molar-refractivity contribution in [2.75, 3.05) is 0 Å². The predicted molar refractivity (Wildman–Crippen MR) is 85.2 cm³/mol. The number of hydrogen-bond donors (Lipinski definition) is 1. The summed E-state index contributed by atoms with van der Waals surface area (Å²) in [6, 6.07) is 5.79. The molecule has 3 rings (SSSR count). The quantitative estimate of drug-likeness (QED) is 0.874. The van der Waals surface area contributed by atoms with Crippen LogP contribution in [0.3, 0.4) is 0 Å². The molecule has 1 aliphatic heterocycles. The van der Waals surface area contributed by atoms with Crippen molar-refractivity contribution in [3.8, 4) is 0 Å². The van der Waals surface area contributed by atoms with Crippen molar-refractivity contribution in [1.29, 1.82) is 0 Å². The zero-order valence-corrected chi connectivity index (χ0v) is 12.4. The summed E-state index contributed by atoms with van der Waals surface area (Å²) in [7, 11) is 0. The highest BCUT2D eigenvalue weighted by molar-refractivity contribution is 5.84. The number of aromatic nitrogens is 2. The number of hydrogen-bond acceptors (Lipinski definition) is 3. The van der Waals surface area contributed by atoms with Gasteiger partial charge >= 0.3 is 0 Å². The van der Waals surface area contributed by atoms with Crippen LogP contribution in [0.5, 0.6) is 0 Å². The fraction of sp³-hybridized carbons (Fsp3) is 0.294. The van der Waals surface area contributed by atoms with Crippen molar-refractivity contribution in [2.24, 2.45) is 0 Å². The molecule has 108 valence electrons. The number of rotatable bonds is 1. The molecule has 1 aromatic heterocycles. The van der Waals surface area contributed by atoms with Gasteiger partial charge in [0.2, 0.25) is 0 Å². The third kappa shape index (κ3) is 2.27. The van der Waals surface area contributed by atoms with Gasteiger partial charge in [-0.25, -0.2) is 4.68 Å². The summed E-state index contributed by atoms with van der Waals surface area (Å²) in [4.78, 5) is 12.8. The second-order valence-electron chi connectivity index (χ2n) is 5.69. The lowest BCUT2D eigenvalue weighted by Crippen LogP contribution is -2.35. The van der Waals surface area contributed by atoms with Crippen molar-refractivity contribution < 1.29 is 0 Å². The van der Waals surface area contributed by atoms with E-state index in [4.69, 9.17) is 0 Å². The molecule has 0 radical (unpaired) electrons. The van der Waals surface area contributed by atoms with Gasteiger partial charge in [0.25, 0.3) is 5.56 Å². The van der Waals surface area contributed by atoms with E-state index in [1.54, 1.807) is 4.68 Å². The number of aryl methyl sites for hydroxylation is 2. The summed E-state index contributed by atoms with van der Waals surface area (Å²) in [5.74, 6) is 0. The molecule has 21 heavy (non-hydrogen) atoms. The Hall–Kier alpha value is -2.36. The Labute approximate surface area is 123 Å². The van der Waals surface area contributed by atoms with Gasteiger partial charge in [-0.2, -0.15) is 5.10 Å². The average molecular weight is 281 g/mol. The summed E-state index contributed by atoms with van der Waals surface area (Å²) in [5, 5.41) is 9.29. The number of piperidine rings is 1. The van der Waals surface area contributed by atoms with Crippen molar-refractivity contribution in [3.63, 3.8) is 0 Å². The first kappa shape index (κ1) is 13.6. The molecule has 2 aromatic rings. The van der Waals surface area contributed by atoms with Crippen LogP contribution >= 0.6 is 0 Å². The molecule has 1 N–H and O–H groups in total. The molecule has 0 spiro atoms. The number of benzene rings is 1. The first-order valence-electron chi connectivity index (χ1n) is 7.11. The maximum atomic E-state index is 12.8. The van der Waals surface area contributed by atoms with Crippen LogP contribution in [-0.4, -0.2) is 9.78 Å². The summed E-state index contributed by atoms with van der Waals surface area (Å²) >= 11 is 0. The van der Waals surface area contributed by atoms with E-state index < -0.39 is 0 Å². The fourth-order valence-corrected chi connectivity index (χ4v) is 2.87. The van der Waals surface area contributed by atoms with Gasteiger partial charge in [0.05, 0.1) is 17.1 Å². The molecular weight excluding hydrogens is 262 g/mol. The lowest BCUT2D eigenvalue weighted by atomic mass is 10.0. The van der Waals surface area contributed by atoms with Crippen LogP contribution in [0.25, 0.3) is 10.8 Å². The third-order valence-electron chi connectivity index (χ3n) is 4.02. The van der Waals surface area contributed by atoms with Gasteiger partial charge in [-0.15, -0.1) is 0 Å². The Bertz CT molecular complexity index is 817. The molecule has 1 unspecified atom stereocenters. The van der Waals surface area contributed by atoms with Crippen LogP contribution in [0.2, 0.25) is 0 Å². The highest BCUT2D eigenvalue weighted by Gasteiger charge is 2.23. The lowest BCUT2D eigenvalue weighted by molar-refractivity contribution is 0.415. The second-order valence-corrected chi connectivity index (χ2v) is 5.69. The molecule has 0 aliphatic carbocycles. The smallest absolute Gasteiger partial charge is 0.275 e. The standard InChI is InChI=1S/C17H19N3O/c1-10-5-7-14-12(3)19-20(17(21)15(14)9-10)16-8-6-11(2)18-13(16)4/h5,7,9,16,18H,2,4,6,8H2,1,3H3. The van der Waals surface area contributed by atoms with E-state index in [1.807, 2.05) is 32.0 Å². The molecule has 0 bridgehead atoms. The normalized spacial score (nSPS) is 18.9. The molecule has 4 heteroatoms. The summed E-state index contributed by atoms with van der Waals surface area (Å²) < 4.78 is 1.57. The maximum Gasteiger partial charge on any atom is 0.275 e. The van der Waals surface area contributed by atoms with E-state index in [0.29, 0.717) is 0 Å². The molecule has 1 fully saturated rings. The Morgan fingerprint density at radius 2 is 2.05 bits per heavy atom. The van der Waals surface area contributed by atoms with Crippen LogP contribution in [-0.2, 0) is 0 Å². The lowest BCUT2D eigenvalue weighted by Gasteiger charge is -2.28. The van der Waals surface area contributed by atoms with Crippen LogP contribution in [0.1, 0.15) is 30.1 Å². The monoisotopic (exact) mass is 281 g/mol. The van der Waals surface area contributed by atoms with Gasteiger partial charge in [-0.3, -0.25) is 4.79 Å². The number of nitrogens with zero attached hydrogens (tertiary/aromatic N) is 2. The summed E-state index contributed by atoms with van der Waals surface area (Å²) in [5.41, 5.74) is 3.61. The Balaban J connectivity index is 2.20. The minimum atomic E-state index is -0.119. The highest BCUT2D eigenvalue weighted by atomic mass is 16.1. The molecule has 1 atom stereocenters. The topological polar surface area (TPSA) is 46.9 Å². The molecule has 0 saturated carbocycles. The SMILES string of the molecule is C=C1CCC(n2nc(C)c3ccc(C)cc3c2=O)C(=C)N1. The Kier molecular flexibility index (Phi) is 3.16. The maximum absolute atomic E-state index is 12.8. The predicted octanol–water partition coefficient (Wildman–Crippen LogP) is 2.97. The fourth-order valence-electron chi connectivity index (χ4n) is 2.87. The zero-order valence-electron chi connectivity index (χ0n) is 12.4. The molecule has 4 nitrogen and oxygen atoms in total. The minimum Gasteiger partial charge on any atom is -0.362 e. The van der Waals surface area contributed by atoms with Crippen molar-refractivity contribution in [3.05, 3.63) is 64.4 Å². The molecule has 0 amide bonds. The van der Waals surface area contributed by atoms with Gasteiger partial charge < -0.3 is 5.32 Å². The van der Waals surface area contributed by atoms with Crippen molar-refractivity contribution >= 4 is 10.8 Å². The van der Waals surface area contributed by atoms with Crippen LogP contribution in [0.15, 0.2) is 47.5 Å². The van der Waals surface area contributed by atoms with Gasteiger partial charge in [-0.05, 0) is 32.8 Å². The zero-order chi connectivity index (χ0) is 15.1. The Morgan fingerprint density at radius 1 is 1.29 bits per heavy atom. The first-order valence-corrected chi connectivity index (χ1v) is 7.11. The van der Waals surface area contributed by atoms with Crippen molar-refractivity contribution in [2.45, 2.75) is 32.7 Å². The van der Waals surface area contributed by atoms with Gasteiger partial charge in [-0.1, -0.05) is 30.9 Å². The molecule has 1 aliphatic rings. The number of fused-ring (bicyclic) bond motifs is 1. The van der Waals surface area contributed by atoms with Crippen LogP contribution in [0.4, 0.5) is 0 Å². The van der Waals surface area contributed by atoms with E-state index in [1.165, 1.54) is 0 Å².